The molecule has 7 nitrogen and oxygen atoms in total. The van der Waals surface area contributed by atoms with Crippen LogP contribution in [0.15, 0.2) is 30.3 Å². The highest BCUT2D eigenvalue weighted by Gasteiger charge is 2.35. The third-order valence-corrected chi connectivity index (χ3v) is 5.80. The molecule has 0 spiro atoms. The van der Waals surface area contributed by atoms with Crippen molar-refractivity contribution in [3.8, 4) is 0 Å². The van der Waals surface area contributed by atoms with E-state index in [4.69, 9.17) is 4.74 Å². The fourth-order valence-corrected chi connectivity index (χ4v) is 4.52. The van der Waals surface area contributed by atoms with Gasteiger partial charge in [-0.3, -0.25) is 4.79 Å². The van der Waals surface area contributed by atoms with Gasteiger partial charge in [0.05, 0.1) is 18.1 Å². The molecule has 1 aliphatic rings. The van der Waals surface area contributed by atoms with E-state index >= 15 is 0 Å². The fourth-order valence-electron chi connectivity index (χ4n) is 2.79. The highest BCUT2D eigenvalue weighted by Crippen LogP contribution is 2.19. The lowest BCUT2D eigenvalue weighted by atomic mass is 10.2. The minimum atomic E-state index is -3.09. The highest BCUT2D eigenvalue weighted by molar-refractivity contribution is 7.91. The van der Waals surface area contributed by atoms with Crippen LogP contribution in [0.25, 0.3) is 0 Å². The van der Waals surface area contributed by atoms with Gasteiger partial charge in [-0.25, -0.2) is 13.2 Å². The minimum Gasteiger partial charge on any atom is -0.450 e. The van der Waals surface area contributed by atoms with Crippen molar-refractivity contribution in [3.05, 3.63) is 35.9 Å². The van der Waals surface area contributed by atoms with Crippen molar-refractivity contribution in [3.63, 3.8) is 0 Å². The normalized spacial score (nSPS) is 18.5. The molecule has 0 aliphatic carbocycles. The number of sulfone groups is 1. The SMILES string of the molecule is CCOC(=O)N(CCCNC(=O)c1ccccc1)C1CCS(=O)(=O)C1. The first-order valence-corrected chi connectivity index (χ1v) is 10.2. The van der Waals surface area contributed by atoms with E-state index < -0.39 is 15.9 Å². The predicted molar refractivity (Wildman–Crippen MR) is 94.2 cm³/mol. The van der Waals surface area contributed by atoms with Gasteiger partial charge in [0.25, 0.3) is 5.91 Å². The Morgan fingerprint density at radius 3 is 2.60 bits per heavy atom. The second-order valence-electron chi connectivity index (χ2n) is 5.92. The molecule has 0 saturated carbocycles. The van der Waals surface area contributed by atoms with Crippen LogP contribution in [0.3, 0.4) is 0 Å². The zero-order valence-corrected chi connectivity index (χ0v) is 15.1. The number of hydrogen-bond acceptors (Lipinski definition) is 5. The van der Waals surface area contributed by atoms with Crippen molar-refractivity contribution >= 4 is 21.8 Å². The van der Waals surface area contributed by atoms with E-state index in [0.29, 0.717) is 31.5 Å². The first-order valence-electron chi connectivity index (χ1n) is 8.40. The van der Waals surface area contributed by atoms with E-state index in [1.54, 1.807) is 31.2 Å². The van der Waals surface area contributed by atoms with E-state index in [-0.39, 0.29) is 30.1 Å². The molecule has 1 saturated heterocycles. The highest BCUT2D eigenvalue weighted by atomic mass is 32.2. The van der Waals surface area contributed by atoms with Gasteiger partial charge in [-0.05, 0) is 31.9 Å². The Morgan fingerprint density at radius 2 is 2.00 bits per heavy atom. The Hall–Kier alpha value is -2.09. The van der Waals surface area contributed by atoms with Crippen molar-refractivity contribution in [2.24, 2.45) is 0 Å². The molecule has 2 amide bonds. The van der Waals surface area contributed by atoms with Gasteiger partial charge in [-0.15, -0.1) is 0 Å². The summed E-state index contributed by atoms with van der Waals surface area (Å²) in [7, 11) is -3.09. The zero-order valence-electron chi connectivity index (χ0n) is 14.3. The molecule has 1 aromatic carbocycles. The predicted octanol–water partition coefficient (Wildman–Crippen LogP) is 1.45. The van der Waals surface area contributed by atoms with Gasteiger partial charge in [-0.2, -0.15) is 0 Å². The number of carbonyl (C=O) groups excluding carboxylic acids is 2. The molecule has 0 radical (unpaired) electrons. The summed E-state index contributed by atoms with van der Waals surface area (Å²) in [6, 6.07) is 8.51. The average Bonchev–Trinajstić information content (AvgIpc) is 2.95. The van der Waals surface area contributed by atoms with Crippen LogP contribution < -0.4 is 5.32 Å². The van der Waals surface area contributed by atoms with E-state index in [1.807, 2.05) is 6.07 Å². The molecule has 8 heteroatoms. The van der Waals surface area contributed by atoms with E-state index in [0.717, 1.165) is 0 Å². The molecular weight excluding hydrogens is 344 g/mol. The van der Waals surface area contributed by atoms with Crippen molar-refractivity contribution in [2.45, 2.75) is 25.8 Å². The summed E-state index contributed by atoms with van der Waals surface area (Å²) in [6.07, 6.45) is 0.449. The number of nitrogens with one attached hydrogen (secondary N) is 1. The Kier molecular flexibility index (Phi) is 6.81. The number of ether oxygens (including phenoxy) is 1. The van der Waals surface area contributed by atoms with Gasteiger partial charge in [0.2, 0.25) is 0 Å². The number of hydrogen-bond donors (Lipinski definition) is 1. The van der Waals surface area contributed by atoms with Crippen LogP contribution in [0.2, 0.25) is 0 Å². The maximum atomic E-state index is 12.1. The molecule has 1 aromatic rings. The van der Waals surface area contributed by atoms with E-state index in [1.165, 1.54) is 4.90 Å². The number of amides is 2. The van der Waals surface area contributed by atoms with Crippen molar-refractivity contribution in [2.75, 3.05) is 31.2 Å². The van der Waals surface area contributed by atoms with E-state index in [9.17, 15) is 18.0 Å². The third kappa shape index (κ3) is 5.74. The van der Waals surface area contributed by atoms with Crippen LogP contribution in [0.4, 0.5) is 4.79 Å². The molecule has 1 heterocycles. The van der Waals surface area contributed by atoms with Gasteiger partial charge in [0.15, 0.2) is 9.84 Å². The summed E-state index contributed by atoms with van der Waals surface area (Å²) < 4.78 is 28.4. The maximum absolute atomic E-state index is 12.1. The largest absolute Gasteiger partial charge is 0.450 e. The molecule has 2 rings (SSSR count). The summed E-state index contributed by atoms with van der Waals surface area (Å²) >= 11 is 0. The van der Waals surface area contributed by atoms with Crippen molar-refractivity contribution in [1.29, 1.82) is 0 Å². The Labute approximate surface area is 148 Å². The lowest BCUT2D eigenvalue weighted by Crippen LogP contribution is -2.43. The number of rotatable bonds is 7. The van der Waals surface area contributed by atoms with Crippen LogP contribution in [-0.4, -0.2) is 62.6 Å². The standard InChI is InChI=1S/C17H24N2O5S/c1-2-24-17(21)19(15-9-12-25(22,23)13-15)11-6-10-18-16(20)14-7-4-3-5-8-14/h3-5,7-8,15H,2,6,9-13H2,1H3,(H,18,20). The van der Waals surface area contributed by atoms with Gasteiger partial charge in [0.1, 0.15) is 0 Å². The molecule has 1 unspecified atom stereocenters. The van der Waals surface area contributed by atoms with Gasteiger partial charge in [-0.1, -0.05) is 18.2 Å². The summed E-state index contributed by atoms with van der Waals surface area (Å²) in [5, 5.41) is 2.80. The quantitative estimate of drug-likeness (QED) is 0.736. The molecule has 25 heavy (non-hydrogen) atoms. The molecule has 0 bridgehead atoms. The molecule has 1 N–H and O–H groups in total. The summed E-state index contributed by atoms with van der Waals surface area (Å²) in [6.45, 7) is 2.68. The third-order valence-electron chi connectivity index (χ3n) is 4.05. The van der Waals surface area contributed by atoms with Crippen molar-refractivity contribution < 1.29 is 22.7 Å². The second kappa shape index (κ2) is 8.84. The van der Waals surface area contributed by atoms with Gasteiger partial charge >= 0.3 is 6.09 Å². The molecule has 1 atom stereocenters. The molecule has 138 valence electrons. The summed E-state index contributed by atoms with van der Waals surface area (Å²) in [4.78, 5) is 25.6. The lowest BCUT2D eigenvalue weighted by Gasteiger charge is -2.27. The average molecular weight is 368 g/mol. The lowest BCUT2D eigenvalue weighted by molar-refractivity contribution is 0.0919. The smallest absolute Gasteiger partial charge is 0.410 e. The van der Waals surface area contributed by atoms with Gasteiger partial charge in [0, 0.05) is 24.7 Å². The topological polar surface area (TPSA) is 92.8 Å². The van der Waals surface area contributed by atoms with Crippen LogP contribution in [0.5, 0.6) is 0 Å². The molecule has 1 fully saturated rings. The first kappa shape index (κ1) is 19.2. The zero-order chi connectivity index (χ0) is 18.3. The maximum Gasteiger partial charge on any atom is 0.410 e. The Bertz CT molecular complexity index is 690. The van der Waals surface area contributed by atoms with Crippen LogP contribution in [0.1, 0.15) is 30.1 Å². The molecule has 1 aliphatic heterocycles. The monoisotopic (exact) mass is 368 g/mol. The summed E-state index contributed by atoms with van der Waals surface area (Å²) in [5.74, 6) is -0.104. The van der Waals surface area contributed by atoms with E-state index in [2.05, 4.69) is 5.32 Å². The first-order chi connectivity index (χ1) is 11.9. The Balaban J connectivity index is 1.85. The fraction of sp³-hybridized carbons (Fsp3) is 0.529. The molecular formula is C17H24N2O5S. The molecule has 0 aromatic heterocycles. The van der Waals surface area contributed by atoms with Crippen LogP contribution in [0, 0.1) is 0 Å². The summed E-state index contributed by atoms with van der Waals surface area (Å²) in [5.41, 5.74) is 0.576. The number of benzene rings is 1. The number of carbonyl (C=O) groups is 2. The minimum absolute atomic E-state index is 0.0256. The second-order valence-corrected chi connectivity index (χ2v) is 8.15. The van der Waals surface area contributed by atoms with Crippen LogP contribution in [-0.2, 0) is 14.6 Å². The van der Waals surface area contributed by atoms with Gasteiger partial charge < -0.3 is 15.0 Å². The number of nitrogens with zero attached hydrogens (tertiary/aromatic N) is 1. The van der Waals surface area contributed by atoms with Crippen molar-refractivity contribution in [1.82, 2.24) is 10.2 Å². The van der Waals surface area contributed by atoms with Crippen LogP contribution >= 0.6 is 0 Å². The Morgan fingerprint density at radius 1 is 1.28 bits per heavy atom.